The van der Waals surface area contributed by atoms with Gasteiger partial charge in [-0.2, -0.15) is 0 Å². The second kappa shape index (κ2) is 3.47. The molecule has 0 saturated carbocycles. The number of nitrogens with zero attached hydrogens (tertiary/aromatic N) is 1. The van der Waals surface area contributed by atoms with E-state index in [2.05, 4.69) is 0 Å². The number of hydrogen-bond acceptors (Lipinski definition) is 3. The molecule has 1 amide bonds. The third-order valence-corrected chi connectivity index (χ3v) is 3.17. The number of carbonyl (C=O) groups excluding carboxylic acids is 2. The van der Waals surface area contributed by atoms with Gasteiger partial charge in [0.1, 0.15) is 11.7 Å². The predicted molar refractivity (Wildman–Crippen MR) is 49.8 cm³/mol. The van der Waals surface area contributed by atoms with Gasteiger partial charge in [0, 0.05) is 12.8 Å². The Morgan fingerprint density at radius 2 is 2.47 bits per heavy atom. The smallest absolute Gasteiger partial charge is 0.332 e. The Kier molecular flexibility index (Phi) is 2.40. The fraction of sp³-hybridized carbons (Fsp3) is 0.800. The molecule has 4 nitrogen and oxygen atoms in total. The average Bonchev–Trinajstić information content (AvgIpc) is 2.66. The van der Waals surface area contributed by atoms with Gasteiger partial charge in [0.05, 0.1) is 13.2 Å². The van der Waals surface area contributed by atoms with Crippen molar-refractivity contribution in [3.8, 4) is 0 Å². The van der Waals surface area contributed by atoms with E-state index >= 15 is 0 Å². The summed E-state index contributed by atoms with van der Waals surface area (Å²) in [7, 11) is 0. The van der Waals surface area contributed by atoms with Gasteiger partial charge in [0.2, 0.25) is 5.91 Å². The van der Waals surface area contributed by atoms with Crippen LogP contribution >= 0.6 is 0 Å². The fourth-order valence-electron chi connectivity index (χ4n) is 2.50. The number of halogens is 1. The van der Waals surface area contributed by atoms with Crippen molar-refractivity contribution < 1.29 is 18.7 Å². The molecule has 0 aromatic rings. The zero-order chi connectivity index (χ0) is 11.1. The van der Waals surface area contributed by atoms with Crippen molar-refractivity contribution in [3.63, 3.8) is 0 Å². The van der Waals surface area contributed by atoms with Gasteiger partial charge in [-0.25, -0.2) is 9.18 Å². The van der Waals surface area contributed by atoms with E-state index in [4.69, 9.17) is 4.74 Å². The van der Waals surface area contributed by atoms with Crippen LogP contribution in [0.1, 0.15) is 26.2 Å². The molecule has 0 radical (unpaired) electrons. The topological polar surface area (TPSA) is 46.6 Å². The molecule has 0 spiro atoms. The van der Waals surface area contributed by atoms with Crippen LogP contribution in [0.5, 0.6) is 0 Å². The summed E-state index contributed by atoms with van der Waals surface area (Å²) in [5.41, 5.74) is -0.994. The van der Waals surface area contributed by atoms with Gasteiger partial charge in [-0.05, 0) is 13.3 Å². The van der Waals surface area contributed by atoms with Gasteiger partial charge in [-0.15, -0.1) is 0 Å². The molecule has 0 aromatic heterocycles. The van der Waals surface area contributed by atoms with Gasteiger partial charge in [-0.1, -0.05) is 0 Å². The monoisotopic (exact) mass is 215 g/mol. The van der Waals surface area contributed by atoms with E-state index in [1.165, 1.54) is 4.90 Å². The predicted octanol–water partition coefficient (Wildman–Crippen LogP) is 0.652. The lowest BCUT2D eigenvalue weighted by atomic mass is 9.94. The molecule has 0 aliphatic carbocycles. The summed E-state index contributed by atoms with van der Waals surface area (Å²) in [5, 5.41) is 0. The lowest BCUT2D eigenvalue weighted by molar-refractivity contribution is -0.157. The standard InChI is InChI=1S/C10H14FNO3/c1-2-15-9(14)10-4-3-8(13)12(10)6-7(11)5-10/h7H,2-6H2,1H3/t7-,10+/m1/s1. The molecule has 2 saturated heterocycles. The van der Waals surface area contributed by atoms with Crippen molar-refractivity contribution in [1.82, 2.24) is 4.90 Å². The molecule has 0 aromatic carbocycles. The largest absolute Gasteiger partial charge is 0.464 e. The quantitative estimate of drug-likeness (QED) is 0.635. The SMILES string of the molecule is CCOC(=O)[C@@]12CCC(=O)N1C[C@H](F)C2. The number of esters is 1. The highest BCUT2D eigenvalue weighted by atomic mass is 19.1. The summed E-state index contributed by atoms with van der Waals surface area (Å²) in [5.74, 6) is -0.584. The van der Waals surface area contributed by atoms with E-state index in [9.17, 15) is 14.0 Å². The molecule has 15 heavy (non-hydrogen) atoms. The van der Waals surface area contributed by atoms with Crippen LogP contribution in [0, 0.1) is 0 Å². The number of hydrogen-bond donors (Lipinski definition) is 0. The highest BCUT2D eigenvalue weighted by Crippen LogP contribution is 2.41. The number of fused-ring (bicyclic) bond motifs is 1. The Bertz CT molecular complexity index is 307. The van der Waals surface area contributed by atoms with Crippen molar-refractivity contribution in [2.24, 2.45) is 0 Å². The lowest BCUT2D eigenvalue weighted by Gasteiger charge is -2.28. The van der Waals surface area contributed by atoms with E-state index in [0.717, 1.165) is 0 Å². The molecule has 0 unspecified atom stereocenters. The zero-order valence-electron chi connectivity index (χ0n) is 8.66. The van der Waals surface area contributed by atoms with Gasteiger partial charge in [0.25, 0.3) is 0 Å². The van der Waals surface area contributed by atoms with Crippen molar-refractivity contribution in [3.05, 3.63) is 0 Å². The normalized spacial score (nSPS) is 34.4. The van der Waals surface area contributed by atoms with E-state index in [-0.39, 0.29) is 25.5 Å². The molecule has 2 aliphatic rings. The minimum atomic E-state index is -1.10. The second-order valence-electron chi connectivity index (χ2n) is 4.06. The Balaban J connectivity index is 2.24. The highest BCUT2D eigenvalue weighted by molar-refractivity contribution is 5.92. The number of amides is 1. The molecular weight excluding hydrogens is 201 g/mol. The maximum Gasteiger partial charge on any atom is 0.332 e. The van der Waals surface area contributed by atoms with Gasteiger partial charge in [0.15, 0.2) is 0 Å². The minimum absolute atomic E-state index is 0.0393. The summed E-state index contributed by atoms with van der Waals surface area (Å²) in [6, 6.07) is 0. The second-order valence-corrected chi connectivity index (χ2v) is 4.06. The average molecular weight is 215 g/mol. The van der Waals surface area contributed by atoms with Gasteiger partial charge in [-0.3, -0.25) is 4.79 Å². The van der Waals surface area contributed by atoms with Crippen LogP contribution in [0.4, 0.5) is 4.39 Å². The molecule has 0 bridgehead atoms. The van der Waals surface area contributed by atoms with Crippen LogP contribution in [-0.4, -0.2) is 41.6 Å². The Hall–Kier alpha value is -1.13. The Morgan fingerprint density at radius 1 is 1.73 bits per heavy atom. The molecule has 2 aliphatic heterocycles. The van der Waals surface area contributed by atoms with E-state index in [1.54, 1.807) is 6.92 Å². The van der Waals surface area contributed by atoms with Crippen LogP contribution in [0.2, 0.25) is 0 Å². The first kappa shape index (κ1) is 10.4. The van der Waals surface area contributed by atoms with Crippen LogP contribution < -0.4 is 0 Å². The van der Waals surface area contributed by atoms with E-state index in [0.29, 0.717) is 12.8 Å². The number of ether oxygens (including phenoxy) is 1. The van der Waals surface area contributed by atoms with Crippen molar-refractivity contribution >= 4 is 11.9 Å². The lowest BCUT2D eigenvalue weighted by Crippen LogP contribution is -2.48. The van der Waals surface area contributed by atoms with Gasteiger partial charge < -0.3 is 9.64 Å². The highest BCUT2D eigenvalue weighted by Gasteiger charge is 2.58. The maximum absolute atomic E-state index is 13.3. The first-order chi connectivity index (χ1) is 7.10. The summed E-state index contributed by atoms with van der Waals surface area (Å²) < 4.78 is 18.2. The minimum Gasteiger partial charge on any atom is -0.464 e. The van der Waals surface area contributed by atoms with Crippen LogP contribution in [0.15, 0.2) is 0 Å². The number of rotatable bonds is 2. The maximum atomic E-state index is 13.3. The molecule has 2 heterocycles. The van der Waals surface area contributed by atoms with Crippen molar-refractivity contribution in [2.45, 2.75) is 37.9 Å². The number of alkyl halides is 1. The molecular formula is C10H14FNO3. The van der Waals surface area contributed by atoms with Crippen LogP contribution in [-0.2, 0) is 14.3 Å². The first-order valence-electron chi connectivity index (χ1n) is 5.22. The summed E-state index contributed by atoms with van der Waals surface area (Å²) >= 11 is 0. The molecule has 5 heteroatoms. The van der Waals surface area contributed by atoms with Gasteiger partial charge >= 0.3 is 5.97 Å². The third kappa shape index (κ3) is 1.41. The Labute approximate surface area is 87.4 Å². The van der Waals surface area contributed by atoms with E-state index < -0.39 is 17.7 Å². The van der Waals surface area contributed by atoms with Crippen LogP contribution in [0.3, 0.4) is 0 Å². The molecule has 2 rings (SSSR count). The third-order valence-electron chi connectivity index (χ3n) is 3.17. The molecule has 0 N–H and O–H groups in total. The zero-order valence-corrected chi connectivity index (χ0v) is 8.66. The Morgan fingerprint density at radius 3 is 3.13 bits per heavy atom. The summed E-state index contributed by atoms with van der Waals surface area (Å²) in [6.07, 6.45) is -0.285. The molecule has 2 fully saturated rings. The first-order valence-corrected chi connectivity index (χ1v) is 5.22. The summed E-state index contributed by atoms with van der Waals surface area (Å²) in [4.78, 5) is 24.6. The molecule has 84 valence electrons. The molecule has 2 atom stereocenters. The van der Waals surface area contributed by atoms with Crippen LogP contribution in [0.25, 0.3) is 0 Å². The van der Waals surface area contributed by atoms with Crippen molar-refractivity contribution in [2.75, 3.05) is 13.2 Å². The van der Waals surface area contributed by atoms with Crippen molar-refractivity contribution in [1.29, 1.82) is 0 Å². The van der Waals surface area contributed by atoms with E-state index in [1.807, 2.05) is 0 Å². The number of carbonyl (C=O) groups is 2. The summed E-state index contributed by atoms with van der Waals surface area (Å²) in [6.45, 7) is 2.01. The fourth-order valence-corrected chi connectivity index (χ4v) is 2.50.